The highest BCUT2D eigenvalue weighted by Crippen LogP contribution is 2.15. The van der Waals surface area contributed by atoms with Crippen molar-refractivity contribution in [1.29, 1.82) is 0 Å². The number of hydrogen-bond acceptors (Lipinski definition) is 4. The topological polar surface area (TPSA) is 98.2 Å². The number of amides is 1. The molecule has 5 N–H and O–H groups in total. The second-order valence-electron chi connectivity index (χ2n) is 5.39. The van der Waals surface area contributed by atoms with Crippen LogP contribution in [0.25, 0.3) is 0 Å². The van der Waals surface area contributed by atoms with Crippen LogP contribution in [-0.2, 0) is 4.79 Å². The molecule has 1 aromatic rings. The lowest BCUT2D eigenvalue weighted by atomic mass is 10.0. The highest BCUT2D eigenvalue weighted by atomic mass is 16.1. The average Bonchev–Trinajstić information content (AvgIpc) is 2.39. The van der Waals surface area contributed by atoms with Gasteiger partial charge in [0.05, 0.1) is 0 Å². The van der Waals surface area contributed by atoms with Crippen LogP contribution in [0, 0.1) is 0 Å². The Hall–Kier alpha value is -1.72. The van der Waals surface area contributed by atoms with Crippen LogP contribution in [-0.4, -0.2) is 24.8 Å². The number of carbonyl (C=O) groups is 2. The zero-order valence-corrected chi connectivity index (χ0v) is 12.6. The maximum Gasteiger partial charge on any atom is 0.222 e. The first kappa shape index (κ1) is 18.3. The van der Waals surface area contributed by atoms with Crippen LogP contribution in [0.2, 0.25) is 0 Å². The van der Waals surface area contributed by atoms with Crippen molar-refractivity contribution in [3.63, 3.8) is 0 Å². The molecule has 1 rings (SSSR count). The summed E-state index contributed by atoms with van der Waals surface area (Å²) in [7, 11) is 1.50. The molecule has 0 spiro atoms. The molecule has 0 radical (unpaired) electrons. The summed E-state index contributed by atoms with van der Waals surface area (Å²) in [5.74, 6) is -0.0746. The standard InChI is InChI=1S/C14H20N2O2.CH5N/c1-14(2,3)16-13(18)8-12(15)11-6-4-10(9-17)5-7-11;1-2/h4-7,9,12H,8,15H2,1-3H3,(H,16,18);2H2,1H3. The van der Waals surface area contributed by atoms with Crippen LogP contribution in [0.1, 0.15) is 49.2 Å². The van der Waals surface area contributed by atoms with Crippen molar-refractivity contribution in [2.75, 3.05) is 7.05 Å². The van der Waals surface area contributed by atoms with Gasteiger partial charge in [-0.1, -0.05) is 24.3 Å². The molecular weight excluding hydrogens is 254 g/mol. The third-order valence-corrected chi connectivity index (χ3v) is 2.42. The van der Waals surface area contributed by atoms with Crippen LogP contribution >= 0.6 is 0 Å². The molecule has 0 aromatic heterocycles. The zero-order chi connectivity index (χ0) is 15.8. The van der Waals surface area contributed by atoms with E-state index in [2.05, 4.69) is 11.1 Å². The highest BCUT2D eigenvalue weighted by molar-refractivity contribution is 5.78. The molecule has 5 heteroatoms. The van der Waals surface area contributed by atoms with Crippen molar-refractivity contribution in [1.82, 2.24) is 5.32 Å². The minimum Gasteiger partial charge on any atom is -0.351 e. The van der Waals surface area contributed by atoms with Gasteiger partial charge in [-0.25, -0.2) is 0 Å². The van der Waals surface area contributed by atoms with E-state index in [4.69, 9.17) is 5.73 Å². The predicted molar refractivity (Wildman–Crippen MR) is 81.4 cm³/mol. The number of carbonyl (C=O) groups excluding carboxylic acids is 2. The monoisotopic (exact) mass is 279 g/mol. The SMILES string of the molecule is CC(C)(C)NC(=O)CC(N)c1ccc(C=O)cc1.CN. The third-order valence-electron chi connectivity index (χ3n) is 2.42. The summed E-state index contributed by atoms with van der Waals surface area (Å²) in [6.45, 7) is 5.78. The number of aldehydes is 1. The first-order valence-corrected chi connectivity index (χ1v) is 6.51. The second-order valence-corrected chi connectivity index (χ2v) is 5.39. The Morgan fingerprint density at radius 2 is 1.75 bits per heavy atom. The van der Waals surface area contributed by atoms with E-state index in [0.717, 1.165) is 11.8 Å². The number of nitrogens with two attached hydrogens (primary N) is 2. The molecule has 1 unspecified atom stereocenters. The van der Waals surface area contributed by atoms with Crippen LogP contribution in [0.5, 0.6) is 0 Å². The second kappa shape index (κ2) is 8.45. The van der Waals surface area contributed by atoms with E-state index in [1.807, 2.05) is 20.8 Å². The van der Waals surface area contributed by atoms with Crippen molar-refractivity contribution in [3.8, 4) is 0 Å². The van der Waals surface area contributed by atoms with Gasteiger partial charge in [-0.05, 0) is 33.4 Å². The smallest absolute Gasteiger partial charge is 0.222 e. The molecule has 1 atom stereocenters. The fraction of sp³-hybridized carbons (Fsp3) is 0.467. The molecule has 5 nitrogen and oxygen atoms in total. The minimum absolute atomic E-state index is 0.0746. The van der Waals surface area contributed by atoms with Gasteiger partial charge in [0, 0.05) is 23.6 Å². The van der Waals surface area contributed by atoms with Gasteiger partial charge < -0.3 is 16.8 Å². The molecule has 0 fully saturated rings. The fourth-order valence-electron chi connectivity index (χ4n) is 1.61. The summed E-state index contributed by atoms with van der Waals surface area (Å²) >= 11 is 0. The maximum atomic E-state index is 11.7. The molecule has 0 aliphatic rings. The maximum absolute atomic E-state index is 11.7. The first-order chi connectivity index (χ1) is 9.31. The quantitative estimate of drug-likeness (QED) is 0.725. The number of hydrogen-bond donors (Lipinski definition) is 3. The van der Waals surface area contributed by atoms with Gasteiger partial charge in [0.15, 0.2) is 0 Å². The van der Waals surface area contributed by atoms with Crippen molar-refractivity contribution >= 4 is 12.2 Å². The summed E-state index contributed by atoms with van der Waals surface area (Å²) in [5, 5.41) is 2.87. The number of nitrogens with one attached hydrogen (secondary N) is 1. The van der Waals surface area contributed by atoms with Crippen molar-refractivity contribution in [2.24, 2.45) is 11.5 Å². The Morgan fingerprint density at radius 1 is 1.25 bits per heavy atom. The van der Waals surface area contributed by atoms with Crippen LogP contribution in [0.4, 0.5) is 0 Å². The van der Waals surface area contributed by atoms with Crippen molar-refractivity contribution in [2.45, 2.75) is 38.8 Å². The summed E-state index contributed by atoms with van der Waals surface area (Å²) in [5.41, 5.74) is 11.7. The number of benzene rings is 1. The Morgan fingerprint density at radius 3 is 2.15 bits per heavy atom. The summed E-state index contributed by atoms with van der Waals surface area (Å²) in [4.78, 5) is 22.2. The van der Waals surface area contributed by atoms with Crippen molar-refractivity contribution in [3.05, 3.63) is 35.4 Å². The van der Waals surface area contributed by atoms with E-state index < -0.39 is 0 Å². The summed E-state index contributed by atoms with van der Waals surface area (Å²) < 4.78 is 0. The molecular formula is C15H25N3O2. The Balaban J connectivity index is 0.00000172. The van der Waals surface area contributed by atoms with E-state index in [9.17, 15) is 9.59 Å². The Labute approximate surface area is 120 Å². The molecule has 0 saturated heterocycles. The number of rotatable bonds is 4. The van der Waals surface area contributed by atoms with E-state index in [1.54, 1.807) is 24.3 Å². The zero-order valence-electron chi connectivity index (χ0n) is 12.6. The van der Waals surface area contributed by atoms with E-state index >= 15 is 0 Å². The van der Waals surface area contributed by atoms with Crippen LogP contribution in [0.3, 0.4) is 0 Å². The first-order valence-electron chi connectivity index (χ1n) is 6.51. The lowest BCUT2D eigenvalue weighted by Gasteiger charge is -2.22. The molecule has 112 valence electrons. The molecule has 0 bridgehead atoms. The molecule has 0 aliphatic heterocycles. The van der Waals surface area contributed by atoms with Gasteiger partial charge in [-0.2, -0.15) is 0 Å². The Kier molecular flexibility index (Phi) is 7.72. The van der Waals surface area contributed by atoms with Crippen LogP contribution < -0.4 is 16.8 Å². The molecule has 20 heavy (non-hydrogen) atoms. The lowest BCUT2D eigenvalue weighted by molar-refractivity contribution is -0.122. The minimum atomic E-state index is -0.354. The van der Waals surface area contributed by atoms with Gasteiger partial charge in [0.2, 0.25) is 5.91 Å². The molecule has 0 aliphatic carbocycles. The van der Waals surface area contributed by atoms with Gasteiger partial charge in [0.1, 0.15) is 6.29 Å². The van der Waals surface area contributed by atoms with Gasteiger partial charge in [-0.15, -0.1) is 0 Å². The predicted octanol–water partition coefficient (Wildman–Crippen LogP) is 1.38. The van der Waals surface area contributed by atoms with E-state index in [1.165, 1.54) is 7.05 Å². The van der Waals surface area contributed by atoms with Gasteiger partial charge in [-0.3, -0.25) is 9.59 Å². The van der Waals surface area contributed by atoms with Gasteiger partial charge >= 0.3 is 0 Å². The van der Waals surface area contributed by atoms with Gasteiger partial charge in [0.25, 0.3) is 0 Å². The van der Waals surface area contributed by atoms with Crippen molar-refractivity contribution < 1.29 is 9.59 Å². The van der Waals surface area contributed by atoms with E-state index in [0.29, 0.717) is 5.56 Å². The highest BCUT2D eigenvalue weighted by Gasteiger charge is 2.17. The Bertz CT molecular complexity index is 422. The third kappa shape index (κ3) is 7.01. The molecule has 0 saturated carbocycles. The fourth-order valence-corrected chi connectivity index (χ4v) is 1.61. The molecule has 0 heterocycles. The molecule has 1 amide bonds. The van der Waals surface area contributed by atoms with E-state index in [-0.39, 0.29) is 23.9 Å². The lowest BCUT2D eigenvalue weighted by Crippen LogP contribution is -2.41. The average molecular weight is 279 g/mol. The normalized spacial score (nSPS) is 11.9. The van der Waals surface area contributed by atoms with Crippen LogP contribution in [0.15, 0.2) is 24.3 Å². The summed E-state index contributed by atoms with van der Waals surface area (Å²) in [6, 6.07) is 6.60. The largest absolute Gasteiger partial charge is 0.351 e. The summed E-state index contributed by atoms with van der Waals surface area (Å²) in [6.07, 6.45) is 1.01. The molecule has 1 aromatic carbocycles.